The Balaban J connectivity index is 1.56. The molecule has 1 aromatic heterocycles. The molecule has 3 aromatic rings. The number of fused-ring (bicyclic) bond motifs is 1. The summed E-state index contributed by atoms with van der Waals surface area (Å²) in [6.45, 7) is 1.48. The smallest absolute Gasteiger partial charge is 0.227 e. The van der Waals surface area contributed by atoms with Gasteiger partial charge in [-0.05, 0) is 53.9 Å². The number of nitrogens with zero attached hydrogens (tertiary/aromatic N) is 3. The van der Waals surface area contributed by atoms with Crippen LogP contribution >= 0.6 is 0 Å². The summed E-state index contributed by atoms with van der Waals surface area (Å²) in [4.78, 5) is 11.1. The van der Waals surface area contributed by atoms with E-state index >= 15 is 0 Å². The summed E-state index contributed by atoms with van der Waals surface area (Å²) in [5, 5.41) is 3.12. The highest BCUT2D eigenvalue weighted by atomic mass is 19.1. The molecule has 0 amide bonds. The zero-order valence-corrected chi connectivity index (χ0v) is 15.8. The standard InChI is InChI=1S/C21H21FN4O2/c1-27-18-10-14-7-9-26(13-15(14)11-19(18)28-2)21-23-8-6-20(25-21)24-17-5-3-4-16(22)12-17/h3-6,8,10-12H,7,9,13H2,1-2H3,(H,23,24,25). The molecule has 2 aromatic carbocycles. The molecule has 6 nitrogen and oxygen atoms in total. The Morgan fingerprint density at radius 3 is 2.57 bits per heavy atom. The first-order chi connectivity index (χ1) is 13.7. The average molecular weight is 380 g/mol. The Hall–Kier alpha value is -3.35. The van der Waals surface area contributed by atoms with Gasteiger partial charge in [0.1, 0.15) is 11.6 Å². The first-order valence-corrected chi connectivity index (χ1v) is 9.00. The highest BCUT2D eigenvalue weighted by Gasteiger charge is 2.21. The van der Waals surface area contributed by atoms with Crippen molar-refractivity contribution in [2.24, 2.45) is 0 Å². The fourth-order valence-corrected chi connectivity index (χ4v) is 3.34. The minimum absolute atomic E-state index is 0.295. The van der Waals surface area contributed by atoms with E-state index in [-0.39, 0.29) is 5.82 Å². The van der Waals surface area contributed by atoms with Crippen molar-refractivity contribution in [3.8, 4) is 11.5 Å². The number of halogens is 1. The van der Waals surface area contributed by atoms with Gasteiger partial charge in [0.2, 0.25) is 5.95 Å². The van der Waals surface area contributed by atoms with Crippen LogP contribution in [0.25, 0.3) is 0 Å². The predicted molar refractivity (Wildman–Crippen MR) is 106 cm³/mol. The molecule has 144 valence electrons. The molecule has 0 fully saturated rings. The minimum Gasteiger partial charge on any atom is -0.493 e. The molecule has 28 heavy (non-hydrogen) atoms. The van der Waals surface area contributed by atoms with Crippen molar-refractivity contribution >= 4 is 17.5 Å². The number of methoxy groups -OCH3 is 2. The van der Waals surface area contributed by atoms with E-state index in [0.717, 1.165) is 24.3 Å². The van der Waals surface area contributed by atoms with Gasteiger partial charge in [0.05, 0.1) is 14.2 Å². The van der Waals surface area contributed by atoms with E-state index in [1.165, 1.54) is 17.7 Å². The quantitative estimate of drug-likeness (QED) is 0.724. The van der Waals surface area contributed by atoms with Crippen LogP contribution in [-0.4, -0.2) is 30.7 Å². The summed E-state index contributed by atoms with van der Waals surface area (Å²) in [6.07, 6.45) is 2.56. The first kappa shape index (κ1) is 18.0. The number of ether oxygens (including phenoxy) is 2. The zero-order valence-electron chi connectivity index (χ0n) is 15.8. The van der Waals surface area contributed by atoms with Crippen molar-refractivity contribution in [3.63, 3.8) is 0 Å². The summed E-state index contributed by atoms with van der Waals surface area (Å²) < 4.78 is 24.2. The molecule has 7 heteroatoms. The lowest BCUT2D eigenvalue weighted by atomic mass is 9.99. The van der Waals surface area contributed by atoms with Gasteiger partial charge in [-0.1, -0.05) is 6.07 Å². The maximum Gasteiger partial charge on any atom is 0.227 e. The van der Waals surface area contributed by atoms with E-state index in [9.17, 15) is 4.39 Å². The van der Waals surface area contributed by atoms with Crippen LogP contribution in [0.15, 0.2) is 48.7 Å². The van der Waals surface area contributed by atoms with Crippen LogP contribution < -0.4 is 19.7 Å². The van der Waals surface area contributed by atoms with E-state index in [1.54, 1.807) is 38.6 Å². The maximum atomic E-state index is 13.4. The maximum absolute atomic E-state index is 13.4. The number of benzene rings is 2. The fourth-order valence-electron chi connectivity index (χ4n) is 3.34. The summed E-state index contributed by atoms with van der Waals surface area (Å²) >= 11 is 0. The van der Waals surface area contributed by atoms with E-state index in [4.69, 9.17) is 9.47 Å². The summed E-state index contributed by atoms with van der Waals surface area (Å²) in [6, 6.07) is 12.1. The largest absolute Gasteiger partial charge is 0.493 e. The van der Waals surface area contributed by atoms with E-state index in [1.807, 2.05) is 12.1 Å². The summed E-state index contributed by atoms with van der Waals surface area (Å²) in [5.41, 5.74) is 3.05. The van der Waals surface area contributed by atoms with Gasteiger partial charge in [-0.25, -0.2) is 9.37 Å². The van der Waals surface area contributed by atoms with Crippen LogP contribution in [0.4, 0.5) is 21.8 Å². The van der Waals surface area contributed by atoms with Crippen molar-refractivity contribution in [1.29, 1.82) is 0 Å². The molecule has 4 rings (SSSR count). The highest BCUT2D eigenvalue weighted by molar-refractivity contribution is 5.57. The Morgan fingerprint density at radius 2 is 1.82 bits per heavy atom. The van der Waals surface area contributed by atoms with Crippen molar-refractivity contribution < 1.29 is 13.9 Å². The molecule has 0 atom stereocenters. The van der Waals surface area contributed by atoms with Crippen LogP contribution in [-0.2, 0) is 13.0 Å². The number of anilines is 3. The van der Waals surface area contributed by atoms with Crippen LogP contribution in [0, 0.1) is 5.82 Å². The Kier molecular flexibility index (Phi) is 4.97. The topological polar surface area (TPSA) is 59.5 Å². The van der Waals surface area contributed by atoms with Gasteiger partial charge in [-0.15, -0.1) is 0 Å². The minimum atomic E-state index is -0.295. The number of aromatic nitrogens is 2. The second-order valence-corrected chi connectivity index (χ2v) is 6.52. The molecule has 0 saturated heterocycles. The molecule has 1 aliphatic rings. The molecule has 1 N–H and O–H groups in total. The second-order valence-electron chi connectivity index (χ2n) is 6.52. The Morgan fingerprint density at radius 1 is 1.04 bits per heavy atom. The highest BCUT2D eigenvalue weighted by Crippen LogP contribution is 2.34. The van der Waals surface area contributed by atoms with Gasteiger partial charge in [-0.2, -0.15) is 4.98 Å². The molecule has 0 unspecified atom stereocenters. The molecule has 0 bridgehead atoms. The van der Waals surface area contributed by atoms with E-state index in [0.29, 0.717) is 29.7 Å². The summed E-state index contributed by atoms with van der Waals surface area (Å²) in [5.74, 6) is 2.41. The molecule has 0 saturated carbocycles. The van der Waals surface area contributed by atoms with Gasteiger partial charge in [0.25, 0.3) is 0 Å². The van der Waals surface area contributed by atoms with Crippen LogP contribution in [0.5, 0.6) is 11.5 Å². The average Bonchev–Trinajstić information content (AvgIpc) is 2.72. The third-order valence-corrected chi connectivity index (χ3v) is 4.74. The van der Waals surface area contributed by atoms with Gasteiger partial charge < -0.3 is 19.7 Å². The van der Waals surface area contributed by atoms with Gasteiger partial charge in [0.15, 0.2) is 11.5 Å². The van der Waals surface area contributed by atoms with Crippen LogP contribution in [0.2, 0.25) is 0 Å². The van der Waals surface area contributed by atoms with Crippen molar-refractivity contribution in [3.05, 3.63) is 65.6 Å². The SMILES string of the molecule is COc1cc2c(cc1OC)CN(c1nccc(Nc3cccc(F)c3)n1)CC2. The van der Waals surface area contributed by atoms with Crippen molar-refractivity contribution in [1.82, 2.24) is 9.97 Å². The van der Waals surface area contributed by atoms with Crippen LogP contribution in [0.1, 0.15) is 11.1 Å². The molecular weight excluding hydrogens is 359 g/mol. The molecule has 0 aliphatic carbocycles. The number of hydrogen-bond donors (Lipinski definition) is 1. The summed E-state index contributed by atoms with van der Waals surface area (Å²) in [7, 11) is 3.28. The third-order valence-electron chi connectivity index (χ3n) is 4.74. The number of nitrogens with one attached hydrogen (secondary N) is 1. The Labute approximate surface area is 163 Å². The zero-order chi connectivity index (χ0) is 19.5. The number of rotatable bonds is 5. The number of hydrogen-bond acceptors (Lipinski definition) is 6. The monoisotopic (exact) mass is 380 g/mol. The lowest BCUT2D eigenvalue weighted by molar-refractivity contribution is 0.353. The molecule has 0 radical (unpaired) electrons. The normalized spacial score (nSPS) is 13.0. The van der Waals surface area contributed by atoms with E-state index in [2.05, 4.69) is 20.2 Å². The van der Waals surface area contributed by atoms with E-state index < -0.39 is 0 Å². The third kappa shape index (κ3) is 3.69. The second kappa shape index (κ2) is 7.72. The molecular formula is C21H21FN4O2. The van der Waals surface area contributed by atoms with Crippen molar-refractivity contribution in [2.75, 3.05) is 31.0 Å². The predicted octanol–water partition coefficient (Wildman–Crippen LogP) is 3.94. The molecule has 2 heterocycles. The lowest BCUT2D eigenvalue weighted by Gasteiger charge is -2.29. The Bertz CT molecular complexity index is 996. The fraction of sp³-hybridized carbons (Fsp3) is 0.238. The molecule has 0 spiro atoms. The van der Waals surface area contributed by atoms with Crippen molar-refractivity contribution in [2.45, 2.75) is 13.0 Å². The lowest BCUT2D eigenvalue weighted by Crippen LogP contribution is -2.31. The van der Waals surface area contributed by atoms with Crippen LogP contribution in [0.3, 0.4) is 0 Å². The molecule has 1 aliphatic heterocycles. The van der Waals surface area contributed by atoms with Gasteiger partial charge in [-0.3, -0.25) is 0 Å². The van der Waals surface area contributed by atoms with Gasteiger partial charge in [0, 0.05) is 25.0 Å². The van der Waals surface area contributed by atoms with Gasteiger partial charge >= 0.3 is 0 Å². The first-order valence-electron chi connectivity index (χ1n) is 9.00.